The van der Waals surface area contributed by atoms with Gasteiger partial charge in [0.15, 0.2) is 5.69 Å². The zero-order valence-corrected chi connectivity index (χ0v) is 12.4. The smallest absolute Gasteiger partial charge is 0.368 e. The van der Waals surface area contributed by atoms with Gasteiger partial charge in [0.1, 0.15) is 6.04 Å². The number of primary amides is 1. The summed E-state index contributed by atoms with van der Waals surface area (Å²) in [6.07, 6.45) is -3.56. The summed E-state index contributed by atoms with van der Waals surface area (Å²) >= 11 is 0. The minimum Gasteiger partial charge on any atom is -0.368 e. The van der Waals surface area contributed by atoms with E-state index >= 15 is 0 Å². The maximum atomic E-state index is 13.0. The average Bonchev–Trinajstić information content (AvgIpc) is 2.83. The highest BCUT2D eigenvalue weighted by molar-refractivity contribution is 6.01. The predicted molar refractivity (Wildman–Crippen MR) is 75.5 cm³/mol. The summed E-state index contributed by atoms with van der Waals surface area (Å²) in [5, 5.41) is 2.33. The molecule has 0 aliphatic heterocycles. The Bertz CT molecular complexity index is 752. The van der Waals surface area contributed by atoms with Crippen LogP contribution in [0.15, 0.2) is 24.4 Å². The van der Waals surface area contributed by atoms with Crippen LogP contribution < -0.4 is 11.1 Å². The van der Waals surface area contributed by atoms with Gasteiger partial charge in [-0.2, -0.15) is 13.2 Å². The summed E-state index contributed by atoms with van der Waals surface area (Å²) < 4.78 is 39.9. The summed E-state index contributed by atoms with van der Waals surface area (Å²) in [5.41, 5.74) is 4.77. The number of imidazole rings is 1. The molecule has 9 heteroatoms. The molecule has 0 bridgehead atoms. The summed E-state index contributed by atoms with van der Waals surface area (Å²) in [6, 6.07) is 3.22. The zero-order valence-electron chi connectivity index (χ0n) is 12.4. The predicted octanol–water partition coefficient (Wildman–Crippen LogP) is 1.59. The van der Waals surface area contributed by atoms with Crippen LogP contribution in [0.3, 0.4) is 0 Å². The second kappa shape index (κ2) is 5.90. The van der Waals surface area contributed by atoms with Gasteiger partial charge in [-0.25, -0.2) is 4.98 Å². The van der Waals surface area contributed by atoms with E-state index in [0.29, 0.717) is 0 Å². The van der Waals surface area contributed by atoms with Gasteiger partial charge < -0.3 is 11.1 Å². The Balaban J connectivity index is 2.48. The lowest BCUT2D eigenvalue weighted by atomic mass is 10.0. The first kappa shape index (κ1) is 16.8. The molecule has 0 radical (unpaired) electrons. The molecule has 0 unspecified atom stereocenters. The Kier molecular flexibility index (Phi) is 4.31. The Morgan fingerprint density at radius 3 is 2.48 bits per heavy atom. The minimum absolute atomic E-state index is 0.00991. The zero-order chi connectivity index (χ0) is 17.4. The van der Waals surface area contributed by atoms with Crippen LogP contribution in [0.2, 0.25) is 0 Å². The van der Waals surface area contributed by atoms with Crippen molar-refractivity contribution >= 4 is 17.3 Å². The second-order valence-corrected chi connectivity index (χ2v) is 5.34. The lowest BCUT2D eigenvalue weighted by molar-refractivity contribution is -0.145. The summed E-state index contributed by atoms with van der Waals surface area (Å²) in [6.45, 7) is 3.31. The highest BCUT2D eigenvalue weighted by Gasteiger charge is 2.38. The topological polar surface area (TPSA) is 89.5 Å². The number of fused-ring (bicyclic) bond motifs is 1. The fraction of sp³-hybridized carbons (Fsp3) is 0.357. The van der Waals surface area contributed by atoms with Gasteiger partial charge in [0.25, 0.3) is 5.91 Å². The highest BCUT2D eigenvalue weighted by atomic mass is 19.4. The van der Waals surface area contributed by atoms with Gasteiger partial charge in [-0.3, -0.25) is 14.0 Å². The van der Waals surface area contributed by atoms with Crippen LogP contribution in [-0.2, 0) is 11.0 Å². The van der Waals surface area contributed by atoms with Crippen LogP contribution in [0.5, 0.6) is 0 Å². The lowest BCUT2D eigenvalue weighted by Gasteiger charge is -2.18. The van der Waals surface area contributed by atoms with E-state index in [1.54, 1.807) is 13.8 Å². The van der Waals surface area contributed by atoms with E-state index in [0.717, 1.165) is 10.6 Å². The van der Waals surface area contributed by atoms with Crippen LogP contribution in [-0.4, -0.2) is 27.2 Å². The molecule has 2 aromatic rings. The molecule has 0 spiro atoms. The Morgan fingerprint density at radius 1 is 1.30 bits per heavy atom. The molecule has 2 heterocycles. The molecular formula is C14H15F3N4O2. The number of pyridine rings is 1. The van der Waals surface area contributed by atoms with Crippen LogP contribution in [0.1, 0.15) is 30.2 Å². The fourth-order valence-electron chi connectivity index (χ4n) is 2.18. The van der Waals surface area contributed by atoms with Crippen molar-refractivity contribution in [2.24, 2.45) is 11.7 Å². The third kappa shape index (κ3) is 3.27. The van der Waals surface area contributed by atoms with Gasteiger partial charge in [0, 0.05) is 6.20 Å². The third-order valence-electron chi connectivity index (χ3n) is 3.28. The van der Waals surface area contributed by atoms with E-state index in [9.17, 15) is 22.8 Å². The van der Waals surface area contributed by atoms with E-state index < -0.39 is 35.6 Å². The van der Waals surface area contributed by atoms with Crippen molar-refractivity contribution < 1.29 is 22.8 Å². The van der Waals surface area contributed by atoms with E-state index in [4.69, 9.17) is 5.73 Å². The van der Waals surface area contributed by atoms with Gasteiger partial charge in [0.05, 0.1) is 5.52 Å². The first-order valence-corrected chi connectivity index (χ1v) is 6.77. The quantitative estimate of drug-likeness (QED) is 0.893. The number of alkyl halides is 3. The molecular weight excluding hydrogens is 313 g/mol. The Hall–Kier alpha value is -2.58. The molecule has 0 aromatic carbocycles. The van der Waals surface area contributed by atoms with Crippen LogP contribution in [0, 0.1) is 5.92 Å². The van der Waals surface area contributed by atoms with E-state index in [1.807, 2.05) is 0 Å². The maximum absolute atomic E-state index is 13.0. The number of aromatic nitrogens is 2. The molecule has 6 nitrogen and oxygen atoms in total. The van der Waals surface area contributed by atoms with Crippen molar-refractivity contribution in [2.75, 3.05) is 0 Å². The number of nitrogens with two attached hydrogens (primary N) is 1. The first-order chi connectivity index (χ1) is 10.6. The molecule has 124 valence electrons. The summed E-state index contributed by atoms with van der Waals surface area (Å²) in [5.74, 6) is -3.18. The average molecular weight is 328 g/mol. The van der Waals surface area contributed by atoms with Crippen molar-refractivity contribution in [3.63, 3.8) is 0 Å². The number of nitrogens with one attached hydrogen (secondary N) is 1. The van der Waals surface area contributed by atoms with Crippen molar-refractivity contribution in [1.29, 1.82) is 0 Å². The fourth-order valence-corrected chi connectivity index (χ4v) is 2.18. The number of amides is 2. The monoisotopic (exact) mass is 328 g/mol. The lowest BCUT2D eigenvalue weighted by Crippen LogP contribution is -2.47. The van der Waals surface area contributed by atoms with E-state index in [1.165, 1.54) is 18.2 Å². The van der Waals surface area contributed by atoms with Crippen molar-refractivity contribution in [1.82, 2.24) is 14.7 Å². The molecule has 0 saturated heterocycles. The van der Waals surface area contributed by atoms with Crippen LogP contribution in [0.25, 0.3) is 5.52 Å². The van der Waals surface area contributed by atoms with Gasteiger partial charge in [-0.15, -0.1) is 0 Å². The number of hydrogen-bond acceptors (Lipinski definition) is 3. The van der Waals surface area contributed by atoms with Crippen molar-refractivity contribution in [2.45, 2.75) is 26.1 Å². The van der Waals surface area contributed by atoms with Crippen LogP contribution in [0.4, 0.5) is 13.2 Å². The summed E-state index contributed by atoms with van der Waals surface area (Å²) in [4.78, 5) is 27.0. The van der Waals surface area contributed by atoms with Gasteiger partial charge in [-0.05, 0) is 18.1 Å². The van der Waals surface area contributed by atoms with Crippen molar-refractivity contribution in [3.8, 4) is 0 Å². The van der Waals surface area contributed by atoms with Gasteiger partial charge >= 0.3 is 6.18 Å². The second-order valence-electron chi connectivity index (χ2n) is 5.34. The number of carbonyl (C=O) groups excluding carboxylic acids is 2. The minimum atomic E-state index is -4.72. The molecule has 0 saturated carbocycles. The van der Waals surface area contributed by atoms with E-state index in [2.05, 4.69) is 10.3 Å². The van der Waals surface area contributed by atoms with Gasteiger partial charge in [-0.1, -0.05) is 19.9 Å². The largest absolute Gasteiger partial charge is 0.450 e. The number of rotatable bonds is 4. The molecule has 23 heavy (non-hydrogen) atoms. The number of carbonyl (C=O) groups is 2. The Morgan fingerprint density at radius 2 is 1.96 bits per heavy atom. The van der Waals surface area contributed by atoms with E-state index in [-0.39, 0.29) is 11.4 Å². The normalized spacial score (nSPS) is 13.3. The molecule has 0 fully saturated rings. The Labute approximate surface area is 129 Å². The summed E-state index contributed by atoms with van der Waals surface area (Å²) in [7, 11) is 0. The molecule has 2 aromatic heterocycles. The third-order valence-corrected chi connectivity index (χ3v) is 3.28. The molecule has 2 amide bonds. The maximum Gasteiger partial charge on any atom is 0.450 e. The molecule has 3 N–H and O–H groups in total. The molecule has 0 aliphatic rings. The van der Waals surface area contributed by atoms with Crippen molar-refractivity contribution in [3.05, 3.63) is 35.9 Å². The number of nitrogens with zero attached hydrogens (tertiary/aromatic N) is 2. The van der Waals surface area contributed by atoms with Gasteiger partial charge in [0.2, 0.25) is 11.7 Å². The molecule has 1 atom stereocenters. The molecule has 2 rings (SSSR count). The number of hydrogen-bond donors (Lipinski definition) is 2. The van der Waals surface area contributed by atoms with Crippen LogP contribution >= 0.6 is 0 Å². The first-order valence-electron chi connectivity index (χ1n) is 6.77. The SMILES string of the molecule is CC(C)[C@H](NC(=O)c1nc(C(F)(F)F)n2ccccc12)C(N)=O. The standard InChI is InChI=1S/C14H15F3N4O2/c1-7(2)9(11(18)22)19-12(23)10-8-5-3-4-6-21(8)13(20-10)14(15,16)17/h3-7,9H,1-2H3,(H2,18,22)(H,19,23)/t9-/m0/s1. The molecule has 0 aliphatic carbocycles. The highest BCUT2D eigenvalue weighted by Crippen LogP contribution is 2.30. The number of halogens is 3.